The minimum Gasteiger partial charge on any atom is -0.338 e. The molecule has 6 N–H and O–H groups in total. The number of fused-ring (bicyclic) bond motifs is 1. The average Bonchev–Trinajstić information content (AvgIpc) is 2.89. The molecule has 5 rings (SSSR count). The van der Waals surface area contributed by atoms with Crippen LogP contribution in [0.25, 0.3) is 5.69 Å². The van der Waals surface area contributed by atoms with Gasteiger partial charge in [0.15, 0.2) is 0 Å². The number of carbonyl (C=O) groups is 2. The number of anilines is 1. The van der Waals surface area contributed by atoms with Crippen LogP contribution in [-0.4, -0.2) is 81.6 Å². The van der Waals surface area contributed by atoms with Gasteiger partial charge in [0.1, 0.15) is 5.82 Å². The summed E-state index contributed by atoms with van der Waals surface area (Å²) >= 11 is 0. The number of nitrogens with two attached hydrogens (primary N) is 2. The van der Waals surface area contributed by atoms with E-state index in [-0.39, 0.29) is 17.8 Å². The molecule has 3 aliphatic rings. The third-order valence-electron chi connectivity index (χ3n) is 8.11. The lowest BCUT2D eigenvalue weighted by Crippen LogP contribution is -2.58. The molecule has 11 heteroatoms. The molecule has 210 valence electrons. The number of hydrogen-bond acceptors (Lipinski definition) is 7. The first-order chi connectivity index (χ1) is 18.6. The highest BCUT2D eigenvalue weighted by molar-refractivity contribution is 5.89. The molecule has 1 aromatic heterocycles. The number of aryl methyl sites for hydroxylation is 1. The molecule has 1 aliphatic heterocycles. The van der Waals surface area contributed by atoms with Gasteiger partial charge in [-0.1, -0.05) is 6.07 Å². The van der Waals surface area contributed by atoms with Crippen LogP contribution in [0.15, 0.2) is 35.3 Å². The Balaban J connectivity index is 1.16. The van der Waals surface area contributed by atoms with E-state index in [0.29, 0.717) is 44.2 Å². The fourth-order valence-corrected chi connectivity index (χ4v) is 5.73. The summed E-state index contributed by atoms with van der Waals surface area (Å²) < 4.78 is 1.50. The Morgan fingerprint density at radius 1 is 1.08 bits per heavy atom. The Hall–Kier alpha value is -3.28. The zero-order valence-electron chi connectivity index (χ0n) is 22.9. The largest absolute Gasteiger partial charge is 0.354 e. The molecule has 1 atom stereocenters. The molecular formula is C28H40N8O3. The van der Waals surface area contributed by atoms with Crippen molar-refractivity contribution in [3.8, 4) is 5.69 Å². The maximum Gasteiger partial charge on any atom is 0.354 e. The van der Waals surface area contributed by atoms with Gasteiger partial charge in [-0.3, -0.25) is 14.7 Å². The highest BCUT2D eigenvalue weighted by atomic mass is 16.2. The van der Waals surface area contributed by atoms with Crippen molar-refractivity contribution in [2.75, 3.05) is 38.0 Å². The fraction of sp³-hybridized carbons (Fsp3) is 0.571. The molecule has 11 nitrogen and oxygen atoms in total. The van der Waals surface area contributed by atoms with Gasteiger partial charge in [0.25, 0.3) is 0 Å². The van der Waals surface area contributed by atoms with Gasteiger partial charge in [-0.25, -0.2) is 9.59 Å². The highest BCUT2D eigenvalue weighted by Gasteiger charge is 2.31. The molecule has 2 aliphatic carbocycles. The lowest BCUT2D eigenvalue weighted by Gasteiger charge is -2.37. The van der Waals surface area contributed by atoms with Crippen molar-refractivity contribution < 1.29 is 9.59 Å². The van der Waals surface area contributed by atoms with Gasteiger partial charge in [0.2, 0.25) is 5.91 Å². The summed E-state index contributed by atoms with van der Waals surface area (Å²) in [5.41, 5.74) is 13.8. The molecule has 1 saturated heterocycles. The van der Waals surface area contributed by atoms with Crippen molar-refractivity contribution in [1.29, 1.82) is 0 Å². The van der Waals surface area contributed by atoms with Gasteiger partial charge in [-0.05, 0) is 87.7 Å². The van der Waals surface area contributed by atoms with E-state index >= 15 is 0 Å². The van der Waals surface area contributed by atoms with Gasteiger partial charge < -0.3 is 26.6 Å². The van der Waals surface area contributed by atoms with E-state index in [2.05, 4.69) is 27.8 Å². The molecule has 2 heterocycles. The second kappa shape index (κ2) is 11.1. The summed E-state index contributed by atoms with van der Waals surface area (Å²) in [6.07, 6.45) is 6.90. The lowest BCUT2D eigenvalue weighted by atomic mass is 9.80. The van der Waals surface area contributed by atoms with E-state index in [1.165, 1.54) is 15.7 Å². The van der Waals surface area contributed by atoms with Crippen LogP contribution in [0.4, 0.5) is 10.6 Å². The van der Waals surface area contributed by atoms with Crippen LogP contribution in [-0.2, 0) is 17.6 Å². The zero-order chi connectivity index (χ0) is 27.7. The van der Waals surface area contributed by atoms with Crippen LogP contribution < -0.4 is 27.8 Å². The maximum atomic E-state index is 12.8. The molecule has 0 radical (unpaired) electrons. The molecule has 1 aromatic carbocycles. The predicted molar refractivity (Wildman–Crippen MR) is 150 cm³/mol. The molecule has 0 spiro atoms. The van der Waals surface area contributed by atoms with Crippen LogP contribution in [0.3, 0.4) is 0 Å². The number of rotatable bonds is 6. The smallest absolute Gasteiger partial charge is 0.338 e. The molecular weight excluding hydrogens is 496 g/mol. The van der Waals surface area contributed by atoms with E-state index in [0.717, 1.165) is 44.3 Å². The minimum atomic E-state index is -0.944. The number of piperazine rings is 1. The van der Waals surface area contributed by atoms with Crippen molar-refractivity contribution in [2.45, 2.75) is 63.6 Å². The standard InChI is InChI=1S/C28H40N8O3/c1-28(2,30)25(37)34-9-11-35(12-10-34)26(38)32-24-7-8-36(27(39)33-24)23-6-4-19-15-22(5-3-20(19)16-23)31-17-18-13-21(29)14-18/h4,6-8,16,18,21-22,31H,3,5,9-15,17,29-30H2,1-2H3,(H,32,33,38,39)/t18-,21-,22?. The Bertz CT molecular complexity index is 1270. The Morgan fingerprint density at radius 3 is 2.46 bits per heavy atom. The van der Waals surface area contributed by atoms with Crippen molar-refractivity contribution in [3.63, 3.8) is 0 Å². The average molecular weight is 537 g/mol. The molecule has 3 amide bonds. The van der Waals surface area contributed by atoms with Crippen LogP contribution in [0.2, 0.25) is 0 Å². The topological polar surface area (TPSA) is 152 Å². The first-order valence-electron chi connectivity index (χ1n) is 13.9. The maximum absolute atomic E-state index is 12.8. The van der Waals surface area contributed by atoms with Gasteiger partial charge in [0.05, 0.1) is 11.2 Å². The van der Waals surface area contributed by atoms with Crippen LogP contribution >= 0.6 is 0 Å². The molecule has 1 unspecified atom stereocenters. The van der Waals surface area contributed by atoms with E-state index in [9.17, 15) is 14.4 Å². The zero-order valence-corrected chi connectivity index (χ0v) is 22.9. The second-order valence-electron chi connectivity index (χ2n) is 11.8. The quantitative estimate of drug-likeness (QED) is 0.427. The third kappa shape index (κ3) is 6.32. The summed E-state index contributed by atoms with van der Waals surface area (Å²) in [5, 5.41) is 6.43. The van der Waals surface area contributed by atoms with E-state index in [1.54, 1.807) is 35.9 Å². The van der Waals surface area contributed by atoms with Crippen molar-refractivity contribution in [3.05, 3.63) is 52.1 Å². The number of urea groups is 1. The van der Waals surface area contributed by atoms with Crippen molar-refractivity contribution in [1.82, 2.24) is 24.7 Å². The SMILES string of the molecule is CC(C)(N)C(=O)N1CCN(C(=O)Nc2ccn(-c3ccc4c(c3)CCC(NC[C@H]3C[C@H](N)C3)C4)c(=O)n2)CC1. The Labute approximate surface area is 228 Å². The second-order valence-corrected chi connectivity index (χ2v) is 11.8. The number of hydrogen-bond donors (Lipinski definition) is 4. The van der Waals surface area contributed by atoms with E-state index in [4.69, 9.17) is 11.5 Å². The predicted octanol–water partition coefficient (Wildman–Crippen LogP) is 0.830. The lowest BCUT2D eigenvalue weighted by molar-refractivity contribution is -0.137. The van der Waals surface area contributed by atoms with Crippen LogP contribution in [0.5, 0.6) is 0 Å². The summed E-state index contributed by atoms with van der Waals surface area (Å²) in [5.74, 6) is 0.768. The van der Waals surface area contributed by atoms with Gasteiger partial charge in [0, 0.05) is 44.5 Å². The monoisotopic (exact) mass is 536 g/mol. The van der Waals surface area contributed by atoms with E-state index < -0.39 is 11.2 Å². The minimum absolute atomic E-state index is 0.138. The molecule has 2 aromatic rings. The number of aromatic nitrogens is 2. The normalized spacial score (nSPS) is 23.1. The van der Waals surface area contributed by atoms with Crippen LogP contribution in [0, 0.1) is 5.92 Å². The number of carbonyl (C=O) groups excluding carboxylic acids is 2. The van der Waals surface area contributed by atoms with Crippen molar-refractivity contribution in [2.24, 2.45) is 17.4 Å². The van der Waals surface area contributed by atoms with E-state index in [1.807, 2.05) is 6.07 Å². The summed E-state index contributed by atoms with van der Waals surface area (Å²) in [4.78, 5) is 45.3. The highest BCUT2D eigenvalue weighted by Crippen LogP contribution is 2.27. The summed E-state index contributed by atoms with van der Waals surface area (Å²) in [6, 6.07) is 8.27. The van der Waals surface area contributed by atoms with Gasteiger partial charge in [-0.2, -0.15) is 4.98 Å². The van der Waals surface area contributed by atoms with Gasteiger partial charge in [-0.15, -0.1) is 0 Å². The number of benzene rings is 1. The molecule has 1 saturated carbocycles. The number of nitrogens with one attached hydrogen (secondary N) is 2. The summed E-state index contributed by atoms with van der Waals surface area (Å²) in [7, 11) is 0. The Morgan fingerprint density at radius 2 is 1.79 bits per heavy atom. The molecule has 0 bridgehead atoms. The van der Waals surface area contributed by atoms with Crippen molar-refractivity contribution >= 4 is 17.8 Å². The van der Waals surface area contributed by atoms with Gasteiger partial charge >= 0.3 is 11.7 Å². The fourth-order valence-electron chi connectivity index (χ4n) is 5.73. The number of amides is 3. The Kier molecular flexibility index (Phi) is 7.75. The number of nitrogens with zero attached hydrogens (tertiary/aromatic N) is 4. The van der Waals surface area contributed by atoms with Crippen LogP contribution in [0.1, 0.15) is 44.2 Å². The molecule has 39 heavy (non-hydrogen) atoms. The molecule has 2 fully saturated rings. The third-order valence-corrected chi connectivity index (χ3v) is 8.11. The first-order valence-corrected chi connectivity index (χ1v) is 13.9. The summed E-state index contributed by atoms with van der Waals surface area (Å²) in [6.45, 7) is 5.97. The first kappa shape index (κ1) is 27.3.